The summed E-state index contributed by atoms with van der Waals surface area (Å²) in [5.74, 6) is 0.636. The molecule has 2 rings (SSSR count). The second-order valence-corrected chi connectivity index (χ2v) is 8.26. The van der Waals surface area contributed by atoms with Crippen LogP contribution in [-0.2, 0) is 4.79 Å². The van der Waals surface area contributed by atoms with E-state index in [-0.39, 0.29) is 23.6 Å². The zero-order valence-electron chi connectivity index (χ0n) is 15.7. The van der Waals surface area contributed by atoms with Gasteiger partial charge in [0.25, 0.3) is 11.1 Å². The predicted molar refractivity (Wildman–Crippen MR) is 101 cm³/mol. The summed E-state index contributed by atoms with van der Waals surface area (Å²) >= 11 is 1.33. The molecular weight excluding hydrogens is 352 g/mol. The highest BCUT2D eigenvalue weighted by atomic mass is 32.2. The van der Waals surface area contributed by atoms with Crippen molar-refractivity contribution < 1.29 is 14.0 Å². The van der Waals surface area contributed by atoms with Gasteiger partial charge in [-0.25, -0.2) is 0 Å². The maximum absolute atomic E-state index is 13.1. The van der Waals surface area contributed by atoms with Crippen molar-refractivity contribution in [2.24, 2.45) is 11.7 Å². The van der Waals surface area contributed by atoms with Crippen LogP contribution in [0.1, 0.15) is 69.5 Å². The number of hydrogen-bond acceptors (Lipinski definition) is 7. The van der Waals surface area contributed by atoms with Gasteiger partial charge in [0, 0.05) is 18.3 Å². The van der Waals surface area contributed by atoms with Gasteiger partial charge in [0.15, 0.2) is 0 Å². The van der Waals surface area contributed by atoms with Crippen molar-refractivity contribution in [3.8, 4) is 0 Å². The predicted octanol–water partition coefficient (Wildman–Crippen LogP) is 2.90. The summed E-state index contributed by atoms with van der Waals surface area (Å²) in [6, 6.07) is -0.444. The smallest absolute Gasteiger partial charge is 0.286 e. The van der Waals surface area contributed by atoms with Crippen LogP contribution in [0, 0.1) is 5.92 Å². The molecule has 0 aliphatic heterocycles. The number of hydrogen-bond donors (Lipinski definition) is 1. The lowest BCUT2D eigenvalue weighted by atomic mass is 9.95. The van der Waals surface area contributed by atoms with Gasteiger partial charge in [-0.3, -0.25) is 9.59 Å². The van der Waals surface area contributed by atoms with E-state index in [1.54, 1.807) is 4.90 Å². The molecular formula is C18H30N4O3S. The number of nitrogens with zero attached hydrogens (tertiary/aromatic N) is 3. The largest absolute Gasteiger partial charge is 0.408 e. The Labute approximate surface area is 159 Å². The number of thioether (sulfide) groups is 1. The molecule has 1 saturated carbocycles. The maximum Gasteiger partial charge on any atom is 0.286 e. The third-order valence-electron chi connectivity index (χ3n) is 4.69. The molecule has 1 amide bonds. The molecule has 0 aromatic carbocycles. The third kappa shape index (κ3) is 5.81. The summed E-state index contributed by atoms with van der Waals surface area (Å²) in [4.78, 5) is 26.7. The number of aromatic nitrogens is 2. The van der Waals surface area contributed by atoms with Crippen LogP contribution in [0.5, 0.6) is 0 Å². The lowest BCUT2D eigenvalue weighted by molar-refractivity contribution is -0.122. The fraction of sp³-hybridized carbons (Fsp3) is 0.778. The molecule has 7 nitrogen and oxygen atoms in total. The fourth-order valence-corrected chi connectivity index (χ4v) is 3.97. The minimum absolute atomic E-state index is 0.0179. The van der Waals surface area contributed by atoms with Crippen molar-refractivity contribution in [1.29, 1.82) is 0 Å². The number of carbonyl (C=O) groups excluding carboxylic acids is 2. The summed E-state index contributed by atoms with van der Waals surface area (Å²) in [5, 5.41) is 8.16. The Bertz CT molecular complexity index is 571. The molecule has 1 aliphatic carbocycles. The van der Waals surface area contributed by atoms with E-state index < -0.39 is 6.04 Å². The van der Waals surface area contributed by atoms with Gasteiger partial charge < -0.3 is 15.1 Å². The van der Waals surface area contributed by atoms with E-state index >= 15 is 0 Å². The third-order valence-corrected chi connectivity index (χ3v) is 5.54. The first-order valence-corrected chi connectivity index (χ1v) is 10.5. The van der Waals surface area contributed by atoms with E-state index in [0.717, 1.165) is 32.1 Å². The van der Waals surface area contributed by atoms with Gasteiger partial charge in [-0.05, 0) is 25.2 Å². The summed E-state index contributed by atoms with van der Waals surface area (Å²) in [6.07, 6.45) is 7.89. The molecule has 0 bridgehead atoms. The van der Waals surface area contributed by atoms with Gasteiger partial charge in [0.05, 0.1) is 0 Å². The number of carbonyl (C=O) groups is 2. The first-order chi connectivity index (χ1) is 12.6. The molecule has 0 saturated heterocycles. The Morgan fingerprint density at radius 3 is 2.58 bits per heavy atom. The molecule has 1 aromatic rings. The Hall–Kier alpha value is -1.41. The summed E-state index contributed by atoms with van der Waals surface area (Å²) in [5.41, 5.74) is 5.48. The second kappa shape index (κ2) is 10.7. The highest BCUT2D eigenvalue weighted by Crippen LogP contribution is 2.26. The number of ketones is 1. The second-order valence-electron chi connectivity index (χ2n) is 7.22. The molecule has 0 radical (unpaired) electrons. The van der Waals surface area contributed by atoms with Crippen molar-refractivity contribution in [2.45, 2.75) is 76.1 Å². The topological polar surface area (TPSA) is 102 Å². The van der Waals surface area contributed by atoms with E-state index in [0.29, 0.717) is 23.9 Å². The zero-order chi connectivity index (χ0) is 18.9. The summed E-state index contributed by atoms with van der Waals surface area (Å²) in [7, 11) is 0. The number of Topliss-reactive ketones (excluding diaryl/α,β-unsaturated/α-hetero) is 1. The lowest BCUT2D eigenvalue weighted by Gasteiger charge is -2.34. The van der Waals surface area contributed by atoms with Crippen molar-refractivity contribution in [3.63, 3.8) is 0 Å². The SMILES string of the molecule is CC(C)C[C@@H](C(=O)c1nnc(SCCN)o1)N(C=O)C1CCCCCC1. The van der Waals surface area contributed by atoms with Crippen LogP contribution in [-0.4, -0.2) is 51.7 Å². The van der Waals surface area contributed by atoms with E-state index in [9.17, 15) is 9.59 Å². The normalized spacial score (nSPS) is 17.1. The fourth-order valence-electron chi connectivity index (χ4n) is 3.44. The van der Waals surface area contributed by atoms with Crippen molar-refractivity contribution in [2.75, 3.05) is 12.3 Å². The zero-order valence-corrected chi connectivity index (χ0v) is 16.5. The Kier molecular flexibility index (Phi) is 8.58. The molecule has 0 unspecified atom stereocenters. The highest BCUT2D eigenvalue weighted by molar-refractivity contribution is 7.99. The van der Waals surface area contributed by atoms with Gasteiger partial charge >= 0.3 is 0 Å². The summed E-state index contributed by atoms with van der Waals surface area (Å²) in [6.45, 7) is 4.59. The first-order valence-electron chi connectivity index (χ1n) is 9.50. The minimum Gasteiger partial charge on any atom is -0.408 e. The van der Waals surface area contributed by atoms with Crippen LogP contribution >= 0.6 is 11.8 Å². The molecule has 26 heavy (non-hydrogen) atoms. The van der Waals surface area contributed by atoms with E-state index in [1.807, 2.05) is 13.8 Å². The molecule has 1 atom stereocenters. The van der Waals surface area contributed by atoms with Crippen LogP contribution < -0.4 is 5.73 Å². The average molecular weight is 383 g/mol. The molecule has 2 N–H and O–H groups in total. The molecule has 0 spiro atoms. The van der Waals surface area contributed by atoms with E-state index in [4.69, 9.17) is 10.2 Å². The number of rotatable bonds is 10. The van der Waals surface area contributed by atoms with Gasteiger partial charge in [0.2, 0.25) is 12.2 Å². The van der Waals surface area contributed by atoms with Gasteiger partial charge in [-0.2, -0.15) is 0 Å². The van der Waals surface area contributed by atoms with Crippen LogP contribution in [0.4, 0.5) is 0 Å². The first kappa shape index (κ1) is 20.9. The van der Waals surface area contributed by atoms with Crippen molar-refractivity contribution in [3.05, 3.63) is 5.89 Å². The van der Waals surface area contributed by atoms with E-state index in [2.05, 4.69) is 10.2 Å². The Morgan fingerprint density at radius 1 is 1.31 bits per heavy atom. The number of nitrogens with two attached hydrogens (primary N) is 1. The lowest BCUT2D eigenvalue weighted by Crippen LogP contribution is -2.47. The molecule has 146 valence electrons. The van der Waals surface area contributed by atoms with E-state index in [1.165, 1.54) is 24.6 Å². The summed E-state index contributed by atoms with van der Waals surface area (Å²) < 4.78 is 5.51. The quantitative estimate of drug-likeness (QED) is 0.287. The van der Waals surface area contributed by atoms with Crippen molar-refractivity contribution in [1.82, 2.24) is 15.1 Å². The van der Waals surface area contributed by atoms with Gasteiger partial charge in [-0.15, -0.1) is 10.2 Å². The molecule has 1 heterocycles. The van der Waals surface area contributed by atoms with Crippen LogP contribution in [0.15, 0.2) is 9.64 Å². The average Bonchev–Trinajstić information content (AvgIpc) is 2.93. The Morgan fingerprint density at radius 2 is 2.00 bits per heavy atom. The van der Waals surface area contributed by atoms with Crippen LogP contribution in [0.3, 0.4) is 0 Å². The minimum atomic E-state index is -0.552. The molecule has 1 aliphatic rings. The monoisotopic (exact) mass is 382 g/mol. The van der Waals surface area contributed by atoms with Crippen LogP contribution in [0.2, 0.25) is 0 Å². The van der Waals surface area contributed by atoms with Crippen LogP contribution in [0.25, 0.3) is 0 Å². The molecule has 1 fully saturated rings. The standard InChI is InChI=1S/C18H30N4O3S/c1-13(2)11-15(22(12-23)14-7-5-3-4-6-8-14)16(24)17-20-21-18(25-17)26-10-9-19/h12-15H,3-11,19H2,1-2H3/t15-/m0/s1. The maximum atomic E-state index is 13.1. The molecule has 8 heteroatoms. The number of amides is 1. The van der Waals surface area contributed by atoms with Gasteiger partial charge in [0.1, 0.15) is 6.04 Å². The Balaban J connectivity index is 2.19. The van der Waals surface area contributed by atoms with Gasteiger partial charge in [-0.1, -0.05) is 51.3 Å². The van der Waals surface area contributed by atoms with Crippen molar-refractivity contribution >= 4 is 24.0 Å². The molecule has 1 aromatic heterocycles. The highest BCUT2D eigenvalue weighted by Gasteiger charge is 2.34.